The number of nitro groups is 1. The number of nitrogens with zero attached hydrogens (tertiary/aromatic N) is 2. The van der Waals surface area contributed by atoms with Crippen molar-refractivity contribution in [1.29, 1.82) is 0 Å². The Morgan fingerprint density at radius 2 is 2.20 bits per heavy atom. The van der Waals surface area contributed by atoms with Crippen LogP contribution in [0.15, 0.2) is 24.3 Å². The van der Waals surface area contributed by atoms with Gasteiger partial charge in [-0.15, -0.1) is 0 Å². The minimum absolute atomic E-state index is 0.236. The molecule has 0 bridgehead atoms. The van der Waals surface area contributed by atoms with E-state index < -0.39 is 0 Å². The van der Waals surface area contributed by atoms with E-state index in [1.165, 1.54) is 19.3 Å². The lowest BCUT2D eigenvalue weighted by atomic mass is 10.0. The van der Waals surface area contributed by atoms with Crippen molar-refractivity contribution in [1.82, 2.24) is 10.2 Å². The van der Waals surface area contributed by atoms with E-state index in [0.717, 1.165) is 25.2 Å². The molecule has 2 rings (SSSR count). The molecule has 5 nitrogen and oxygen atoms in total. The number of nitrogens with one attached hydrogen (secondary N) is 1. The van der Waals surface area contributed by atoms with Gasteiger partial charge in [-0.3, -0.25) is 15.0 Å². The molecule has 0 spiro atoms. The molecule has 0 amide bonds. The molecule has 0 radical (unpaired) electrons. The van der Waals surface area contributed by atoms with Gasteiger partial charge in [0, 0.05) is 30.8 Å². The predicted octanol–water partition coefficient (Wildman–Crippen LogP) is 2.56. The van der Waals surface area contributed by atoms with Gasteiger partial charge in [0.05, 0.1) is 4.92 Å². The molecule has 1 N–H and O–H groups in total. The van der Waals surface area contributed by atoms with Gasteiger partial charge >= 0.3 is 0 Å². The van der Waals surface area contributed by atoms with Crippen LogP contribution in [0.4, 0.5) is 5.69 Å². The largest absolute Gasteiger partial charge is 0.315 e. The van der Waals surface area contributed by atoms with Gasteiger partial charge in [0.15, 0.2) is 0 Å². The second kappa shape index (κ2) is 7.36. The van der Waals surface area contributed by atoms with E-state index in [9.17, 15) is 10.1 Å². The summed E-state index contributed by atoms with van der Waals surface area (Å²) in [6.07, 6.45) is 3.61. The van der Waals surface area contributed by atoms with E-state index >= 15 is 0 Å². The summed E-state index contributed by atoms with van der Waals surface area (Å²) in [5, 5.41) is 14.5. The minimum atomic E-state index is -0.279. The van der Waals surface area contributed by atoms with E-state index in [2.05, 4.69) is 17.1 Å². The number of hydrogen-bond acceptors (Lipinski definition) is 4. The summed E-state index contributed by atoms with van der Waals surface area (Å²) in [4.78, 5) is 13.2. The molecule has 1 atom stereocenters. The lowest BCUT2D eigenvalue weighted by molar-refractivity contribution is -0.385. The summed E-state index contributed by atoms with van der Waals surface area (Å²) in [6.45, 7) is 5.75. The van der Waals surface area contributed by atoms with Crippen molar-refractivity contribution in [3.63, 3.8) is 0 Å². The number of likely N-dealkylation sites (N-methyl/N-ethyl adjacent to an activating group) is 1. The van der Waals surface area contributed by atoms with E-state index in [1.54, 1.807) is 12.1 Å². The van der Waals surface area contributed by atoms with Crippen LogP contribution in [0.3, 0.4) is 0 Å². The Morgan fingerprint density at radius 3 is 2.95 bits per heavy atom. The fraction of sp³-hybridized carbons (Fsp3) is 0.600. The highest BCUT2D eigenvalue weighted by Gasteiger charge is 2.24. The third-order valence-corrected chi connectivity index (χ3v) is 3.94. The second-order valence-electron chi connectivity index (χ2n) is 5.31. The van der Waals surface area contributed by atoms with Crippen molar-refractivity contribution in [2.24, 2.45) is 0 Å². The molecule has 1 heterocycles. The molecule has 110 valence electrons. The molecule has 1 aromatic rings. The lowest BCUT2D eigenvalue weighted by Gasteiger charge is -2.35. The van der Waals surface area contributed by atoms with Gasteiger partial charge < -0.3 is 5.32 Å². The van der Waals surface area contributed by atoms with Crippen molar-refractivity contribution in [3.8, 4) is 0 Å². The standard InChI is InChI=1S/C15H23N3O2/c1-2-16-11-14-8-5-6-10-17(14)12-13-7-3-4-9-15(13)18(19)20/h3-4,7,9,14,16H,2,5-6,8,10-12H2,1H3. The first kappa shape index (κ1) is 14.9. The molecule has 1 aromatic carbocycles. The lowest BCUT2D eigenvalue weighted by Crippen LogP contribution is -2.45. The first-order valence-corrected chi connectivity index (χ1v) is 7.39. The highest BCUT2D eigenvalue weighted by atomic mass is 16.6. The molecule has 0 saturated carbocycles. The van der Waals surface area contributed by atoms with Gasteiger partial charge in [0.1, 0.15) is 0 Å². The van der Waals surface area contributed by atoms with Crippen LogP contribution < -0.4 is 5.32 Å². The molecule has 20 heavy (non-hydrogen) atoms. The quantitative estimate of drug-likeness (QED) is 0.641. The summed E-state index contributed by atoms with van der Waals surface area (Å²) in [7, 11) is 0. The monoisotopic (exact) mass is 277 g/mol. The Labute approximate surface area is 120 Å². The molecule has 1 unspecified atom stereocenters. The highest BCUT2D eigenvalue weighted by Crippen LogP contribution is 2.24. The summed E-state index contributed by atoms with van der Waals surface area (Å²) < 4.78 is 0. The third-order valence-electron chi connectivity index (χ3n) is 3.94. The smallest absolute Gasteiger partial charge is 0.273 e. The molecule has 1 aliphatic heterocycles. The Morgan fingerprint density at radius 1 is 1.40 bits per heavy atom. The molecule has 1 saturated heterocycles. The van der Waals surface area contributed by atoms with E-state index in [0.29, 0.717) is 12.6 Å². The number of piperidine rings is 1. The summed E-state index contributed by atoms with van der Waals surface area (Å²) >= 11 is 0. The molecular formula is C15H23N3O2. The fourth-order valence-corrected chi connectivity index (χ4v) is 2.85. The van der Waals surface area contributed by atoms with Crippen molar-refractivity contribution in [3.05, 3.63) is 39.9 Å². The summed E-state index contributed by atoms with van der Waals surface area (Å²) in [5.74, 6) is 0. The number of nitro benzene ring substituents is 1. The van der Waals surface area contributed by atoms with Crippen LogP contribution in [-0.2, 0) is 6.54 Å². The zero-order chi connectivity index (χ0) is 14.4. The number of hydrogen-bond donors (Lipinski definition) is 1. The number of likely N-dealkylation sites (tertiary alicyclic amines) is 1. The van der Waals surface area contributed by atoms with E-state index in [-0.39, 0.29) is 10.6 Å². The summed E-state index contributed by atoms with van der Waals surface area (Å²) in [5.41, 5.74) is 1.06. The van der Waals surface area contributed by atoms with Crippen LogP contribution in [0.2, 0.25) is 0 Å². The number of para-hydroxylation sites is 1. The normalized spacial score (nSPS) is 19.9. The molecule has 1 aliphatic rings. The summed E-state index contributed by atoms with van der Waals surface area (Å²) in [6, 6.07) is 7.57. The average molecular weight is 277 g/mol. The van der Waals surface area contributed by atoms with Gasteiger partial charge in [0.25, 0.3) is 5.69 Å². The number of rotatable bonds is 6. The topological polar surface area (TPSA) is 58.4 Å². The zero-order valence-electron chi connectivity index (χ0n) is 12.0. The first-order chi connectivity index (χ1) is 9.72. The maximum atomic E-state index is 11.1. The Kier molecular flexibility index (Phi) is 5.49. The SMILES string of the molecule is CCNCC1CCCCN1Cc1ccccc1[N+](=O)[O-]. The van der Waals surface area contributed by atoms with Crippen LogP contribution >= 0.6 is 0 Å². The number of benzene rings is 1. The van der Waals surface area contributed by atoms with Crippen molar-refractivity contribution in [2.75, 3.05) is 19.6 Å². The van der Waals surface area contributed by atoms with Crippen LogP contribution in [-0.4, -0.2) is 35.5 Å². The first-order valence-electron chi connectivity index (χ1n) is 7.39. The van der Waals surface area contributed by atoms with Crippen molar-refractivity contribution in [2.45, 2.75) is 38.8 Å². The van der Waals surface area contributed by atoms with Crippen LogP contribution in [0.25, 0.3) is 0 Å². The Balaban J connectivity index is 2.08. The highest BCUT2D eigenvalue weighted by molar-refractivity contribution is 5.39. The molecule has 0 aromatic heterocycles. The van der Waals surface area contributed by atoms with Gasteiger partial charge in [-0.2, -0.15) is 0 Å². The van der Waals surface area contributed by atoms with E-state index in [1.807, 2.05) is 12.1 Å². The van der Waals surface area contributed by atoms with Gasteiger partial charge in [-0.25, -0.2) is 0 Å². The van der Waals surface area contributed by atoms with Crippen LogP contribution in [0.1, 0.15) is 31.7 Å². The maximum absolute atomic E-state index is 11.1. The second-order valence-corrected chi connectivity index (χ2v) is 5.31. The molecular weight excluding hydrogens is 254 g/mol. The van der Waals surface area contributed by atoms with E-state index in [4.69, 9.17) is 0 Å². The third kappa shape index (κ3) is 3.77. The van der Waals surface area contributed by atoms with Crippen molar-refractivity contribution >= 4 is 5.69 Å². The Bertz CT molecular complexity index is 450. The molecule has 0 aliphatic carbocycles. The molecule has 1 fully saturated rings. The van der Waals surface area contributed by atoms with Crippen LogP contribution in [0.5, 0.6) is 0 Å². The average Bonchev–Trinajstić information content (AvgIpc) is 2.47. The van der Waals surface area contributed by atoms with Gasteiger partial charge in [-0.1, -0.05) is 31.5 Å². The molecule has 5 heteroatoms. The minimum Gasteiger partial charge on any atom is -0.315 e. The zero-order valence-corrected chi connectivity index (χ0v) is 12.0. The van der Waals surface area contributed by atoms with Crippen molar-refractivity contribution < 1.29 is 4.92 Å². The Hall–Kier alpha value is -1.46. The maximum Gasteiger partial charge on any atom is 0.273 e. The predicted molar refractivity (Wildman–Crippen MR) is 79.7 cm³/mol. The van der Waals surface area contributed by atoms with Crippen LogP contribution in [0, 0.1) is 10.1 Å². The van der Waals surface area contributed by atoms with Gasteiger partial charge in [0.2, 0.25) is 0 Å². The van der Waals surface area contributed by atoms with Gasteiger partial charge in [-0.05, 0) is 25.9 Å². The fourth-order valence-electron chi connectivity index (χ4n) is 2.85.